The molecule has 0 saturated heterocycles. The molecule has 0 spiro atoms. The van der Waals surface area contributed by atoms with Crippen LogP contribution in [0, 0.1) is 5.82 Å². The molecule has 0 aliphatic heterocycles. The van der Waals surface area contributed by atoms with Gasteiger partial charge in [-0.2, -0.15) is 0 Å². The van der Waals surface area contributed by atoms with Gasteiger partial charge in [0.05, 0.1) is 11.3 Å². The van der Waals surface area contributed by atoms with Crippen LogP contribution in [0.25, 0.3) is 0 Å². The van der Waals surface area contributed by atoms with Crippen molar-refractivity contribution in [2.24, 2.45) is 0 Å². The van der Waals surface area contributed by atoms with Gasteiger partial charge >= 0.3 is 0 Å². The topological polar surface area (TPSA) is 32.3 Å². The first-order valence-electron chi connectivity index (χ1n) is 7.36. The Hall–Kier alpha value is -1.58. The maximum absolute atomic E-state index is 14.0. The summed E-state index contributed by atoms with van der Waals surface area (Å²) in [7, 11) is 0. The van der Waals surface area contributed by atoms with Crippen LogP contribution in [-0.2, 0) is 0 Å². The van der Waals surface area contributed by atoms with Crippen LogP contribution in [0.3, 0.4) is 0 Å². The molecule has 0 fully saturated rings. The van der Waals surface area contributed by atoms with Gasteiger partial charge in [0, 0.05) is 19.1 Å². The van der Waals surface area contributed by atoms with Crippen LogP contribution in [0.15, 0.2) is 18.2 Å². The zero-order valence-corrected chi connectivity index (χ0v) is 12.9. The summed E-state index contributed by atoms with van der Waals surface area (Å²) in [6.45, 7) is 9.33. The summed E-state index contributed by atoms with van der Waals surface area (Å²) in [6, 6.07) is 4.76. The number of halogens is 1. The molecule has 0 radical (unpaired) electrons. The molecule has 1 N–H and O–H groups in total. The molecule has 0 saturated carbocycles. The number of hydrogen-bond acceptors (Lipinski definition) is 2. The Morgan fingerprint density at radius 3 is 2.55 bits per heavy atom. The third-order valence-corrected chi connectivity index (χ3v) is 3.14. The van der Waals surface area contributed by atoms with Crippen LogP contribution < -0.4 is 5.32 Å². The molecule has 0 bridgehead atoms. The minimum absolute atomic E-state index is 0.102. The molecule has 0 aliphatic carbocycles. The van der Waals surface area contributed by atoms with Gasteiger partial charge in [-0.25, -0.2) is 4.39 Å². The molecule has 0 atom stereocenters. The fraction of sp³-hybridized carbons (Fsp3) is 0.562. The molecule has 1 aromatic rings. The minimum atomic E-state index is -0.371. The highest BCUT2D eigenvalue weighted by molar-refractivity contribution is 5.99. The Kier molecular flexibility index (Phi) is 6.49. The van der Waals surface area contributed by atoms with Crippen molar-refractivity contribution in [2.45, 2.75) is 46.6 Å². The second kappa shape index (κ2) is 7.88. The van der Waals surface area contributed by atoms with Crippen molar-refractivity contribution in [3.63, 3.8) is 0 Å². The number of carbonyl (C=O) groups excluding carboxylic acids is 1. The highest BCUT2D eigenvalue weighted by Gasteiger charge is 2.22. The van der Waals surface area contributed by atoms with Crippen molar-refractivity contribution in [3.05, 3.63) is 29.6 Å². The van der Waals surface area contributed by atoms with E-state index in [4.69, 9.17) is 0 Å². The zero-order valence-electron chi connectivity index (χ0n) is 12.9. The molecule has 0 aromatic heterocycles. The Morgan fingerprint density at radius 2 is 2.00 bits per heavy atom. The third-order valence-electron chi connectivity index (χ3n) is 3.14. The van der Waals surface area contributed by atoms with E-state index >= 15 is 0 Å². The monoisotopic (exact) mass is 280 g/mol. The normalized spacial score (nSPS) is 10.7. The summed E-state index contributed by atoms with van der Waals surface area (Å²) in [4.78, 5) is 14.4. The van der Waals surface area contributed by atoms with E-state index in [0.717, 1.165) is 12.8 Å². The number of nitrogens with zero attached hydrogens (tertiary/aromatic N) is 1. The number of hydrogen-bond donors (Lipinski definition) is 1. The smallest absolute Gasteiger partial charge is 0.256 e. The van der Waals surface area contributed by atoms with E-state index in [0.29, 0.717) is 24.3 Å². The second-order valence-corrected chi connectivity index (χ2v) is 5.18. The second-order valence-electron chi connectivity index (χ2n) is 5.18. The molecule has 0 unspecified atom stereocenters. The Labute approximate surface area is 121 Å². The number of anilines is 1. The van der Waals surface area contributed by atoms with Gasteiger partial charge in [-0.3, -0.25) is 4.79 Å². The lowest BCUT2D eigenvalue weighted by molar-refractivity contribution is 0.0706. The maximum atomic E-state index is 14.0. The average molecular weight is 280 g/mol. The van der Waals surface area contributed by atoms with Gasteiger partial charge in [-0.05, 0) is 38.8 Å². The van der Waals surface area contributed by atoms with E-state index in [-0.39, 0.29) is 17.8 Å². The molecule has 1 amide bonds. The van der Waals surface area contributed by atoms with E-state index in [2.05, 4.69) is 5.32 Å². The number of carbonyl (C=O) groups is 1. The lowest BCUT2D eigenvalue weighted by Crippen LogP contribution is -2.38. The Balaban J connectivity index is 3.10. The molecular formula is C16H25FN2O. The highest BCUT2D eigenvalue weighted by Crippen LogP contribution is 2.22. The minimum Gasteiger partial charge on any atom is -0.382 e. The fourth-order valence-corrected chi connectivity index (χ4v) is 2.12. The van der Waals surface area contributed by atoms with E-state index in [1.54, 1.807) is 17.0 Å². The summed E-state index contributed by atoms with van der Waals surface area (Å²) in [6.07, 6.45) is 1.77. The lowest BCUT2D eigenvalue weighted by atomic mass is 10.1. The van der Waals surface area contributed by atoms with Crippen molar-refractivity contribution in [3.8, 4) is 0 Å². The molecule has 1 rings (SSSR count). The van der Waals surface area contributed by atoms with E-state index < -0.39 is 0 Å². The third kappa shape index (κ3) is 3.95. The summed E-state index contributed by atoms with van der Waals surface area (Å²) in [5.41, 5.74) is 0.738. The van der Waals surface area contributed by atoms with Crippen LogP contribution in [0.2, 0.25) is 0 Å². The number of rotatable bonds is 7. The molecule has 112 valence electrons. The fourth-order valence-electron chi connectivity index (χ4n) is 2.12. The number of nitrogens with one attached hydrogen (secondary N) is 1. The standard InChI is InChI=1S/C16H25FN2O/c1-5-10-18-15-13(8-7-9-14(15)17)16(20)19(11-6-2)12(3)4/h7-9,12,18H,5-6,10-11H2,1-4H3. The lowest BCUT2D eigenvalue weighted by Gasteiger charge is -2.27. The molecule has 3 nitrogen and oxygen atoms in total. The highest BCUT2D eigenvalue weighted by atomic mass is 19.1. The van der Waals surface area contributed by atoms with Gasteiger partial charge in [-0.15, -0.1) is 0 Å². The van der Waals surface area contributed by atoms with Crippen molar-refractivity contribution >= 4 is 11.6 Å². The van der Waals surface area contributed by atoms with Gasteiger partial charge in [0.15, 0.2) is 0 Å². The number of para-hydroxylation sites is 1. The SMILES string of the molecule is CCCNc1c(F)cccc1C(=O)N(CCC)C(C)C. The predicted octanol–water partition coefficient (Wildman–Crippen LogP) is 3.91. The van der Waals surface area contributed by atoms with E-state index in [1.807, 2.05) is 27.7 Å². The van der Waals surface area contributed by atoms with Crippen LogP contribution in [-0.4, -0.2) is 29.9 Å². The number of benzene rings is 1. The molecule has 4 heteroatoms. The van der Waals surface area contributed by atoms with Crippen molar-refractivity contribution < 1.29 is 9.18 Å². The molecule has 1 aromatic carbocycles. The summed E-state index contributed by atoms with van der Waals surface area (Å²) in [5.74, 6) is -0.482. The first-order chi connectivity index (χ1) is 9.52. The van der Waals surface area contributed by atoms with Crippen LogP contribution in [0.1, 0.15) is 50.9 Å². The van der Waals surface area contributed by atoms with Crippen molar-refractivity contribution in [2.75, 3.05) is 18.4 Å². The van der Waals surface area contributed by atoms with Gasteiger partial charge < -0.3 is 10.2 Å². The first-order valence-corrected chi connectivity index (χ1v) is 7.36. The predicted molar refractivity (Wildman–Crippen MR) is 81.6 cm³/mol. The average Bonchev–Trinajstić information content (AvgIpc) is 2.42. The zero-order chi connectivity index (χ0) is 15.1. The molecule has 0 aliphatic rings. The maximum Gasteiger partial charge on any atom is 0.256 e. The largest absolute Gasteiger partial charge is 0.382 e. The summed E-state index contributed by atoms with van der Waals surface area (Å²) in [5, 5.41) is 3.03. The van der Waals surface area contributed by atoms with E-state index in [1.165, 1.54) is 6.07 Å². The van der Waals surface area contributed by atoms with Crippen molar-refractivity contribution in [1.82, 2.24) is 4.90 Å². The Bertz CT molecular complexity index is 446. The van der Waals surface area contributed by atoms with Gasteiger partial charge in [-0.1, -0.05) is 19.9 Å². The molecular weight excluding hydrogens is 255 g/mol. The van der Waals surface area contributed by atoms with Crippen LogP contribution >= 0.6 is 0 Å². The van der Waals surface area contributed by atoms with Crippen LogP contribution in [0.5, 0.6) is 0 Å². The van der Waals surface area contributed by atoms with Crippen LogP contribution in [0.4, 0.5) is 10.1 Å². The molecule has 20 heavy (non-hydrogen) atoms. The van der Waals surface area contributed by atoms with E-state index in [9.17, 15) is 9.18 Å². The number of amides is 1. The molecule has 0 heterocycles. The first kappa shape index (κ1) is 16.5. The van der Waals surface area contributed by atoms with Gasteiger partial charge in [0.1, 0.15) is 5.82 Å². The van der Waals surface area contributed by atoms with Gasteiger partial charge in [0.2, 0.25) is 0 Å². The Morgan fingerprint density at radius 1 is 1.30 bits per heavy atom. The summed E-state index contributed by atoms with van der Waals surface area (Å²) >= 11 is 0. The van der Waals surface area contributed by atoms with Gasteiger partial charge in [0.25, 0.3) is 5.91 Å². The summed E-state index contributed by atoms with van der Waals surface area (Å²) < 4.78 is 14.0. The quantitative estimate of drug-likeness (QED) is 0.821. The van der Waals surface area contributed by atoms with Crippen molar-refractivity contribution in [1.29, 1.82) is 0 Å².